The topological polar surface area (TPSA) is 41.6 Å². The predicted octanol–water partition coefficient (Wildman–Crippen LogP) is 0.0465. The standard InChI is InChI=1S/C8H14N2O2/c1-10-5-6-2-3-9-4-7(6)12-8(10)11/h6-7,9H,2-5H2,1H3/t6?,7-/m1/s1. The lowest BCUT2D eigenvalue weighted by atomic mass is 9.93. The molecule has 68 valence electrons. The zero-order valence-corrected chi connectivity index (χ0v) is 7.25. The molecule has 1 N–H and O–H groups in total. The van der Waals surface area contributed by atoms with Crippen LogP contribution in [0.3, 0.4) is 0 Å². The Labute approximate surface area is 71.9 Å². The van der Waals surface area contributed by atoms with Crippen LogP contribution >= 0.6 is 0 Å². The summed E-state index contributed by atoms with van der Waals surface area (Å²) >= 11 is 0. The molecule has 0 aliphatic carbocycles. The van der Waals surface area contributed by atoms with Crippen molar-refractivity contribution < 1.29 is 9.53 Å². The Bertz CT molecular complexity index is 195. The molecule has 2 aliphatic heterocycles. The Morgan fingerprint density at radius 3 is 3.33 bits per heavy atom. The number of hydrogen-bond donors (Lipinski definition) is 1. The first-order chi connectivity index (χ1) is 5.77. The summed E-state index contributed by atoms with van der Waals surface area (Å²) in [6.45, 7) is 2.72. The van der Waals surface area contributed by atoms with Crippen LogP contribution in [0.25, 0.3) is 0 Å². The molecule has 2 rings (SSSR count). The third-order valence-electron chi connectivity index (χ3n) is 2.64. The average Bonchev–Trinajstić information content (AvgIpc) is 2.07. The van der Waals surface area contributed by atoms with Gasteiger partial charge >= 0.3 is 6.09 Å². The molecule has 4 nitrogen and oxygen atoms in total. The second-order valence-electron chi connectivity index (χ2n) is 3.56. The molecule has 2 fully saturated rings. The van der Waals surface area contributed by atoms with Crippen LogP contribution in [0.4, 0.5) is 4.79 Å². The highest BCUT2D eigenvalue weighted by Crippen LogP contribution is 2.21. The fraction of sp³-hybridized carbons (Fsp3) is 0.875. The second-order valence-corrected chi connectivity index (χ2v) is 3.56. The molecule has 0 saturated carbocycles. The Hall–Kier alpha value is -0.770. The maximum Gasteiger partial charge on any atom is 0.409 e. The summed E-state index contributed by atoms with van der Waals surface area (Å²) in [4.78, 5) is 12.8. The van der Waals surface area contributed by atoms with Gasteiger partial charge in [-0.15, -0.1) is 0 Å². The van der Waals surface area contributed by atoms with Crippen molar-refractivity contribution in [3.63, 3.8) is 0 Å². The van der Waals surface area contributed by atoms with Crippen molar-refractivity contribution in [3.8, 4) is 0 Å². The maximum atomic E-state index is 11.1. The van der Waals surface area contributed by atoms with Crippen LogP contribution in [0.15, 0.2) is 0 Å². The van der Waals surface area contributed by atoms with Crippen LogP contribution in [0, 0.1) is 5.92 Å². The zero-order chi connectivity index (χ0) is 8.55. The van der Waals surface area contributed by atoms with Crippen molar-refractivity contribution >= 4 is 6.09 Å². The number of nitrogens with one attached hydrogen (secondary N) is 1. The van der Waals surface area contributed by atoms with Gasteiger partial charge in [0.2, 0.25) is 0 Å². The maximum absolute atomic E-state index is 11.1. The second kappa shape index (κ2) is 2.94. The molecule has 0 aromatic carbocycles. The van der Waals surface area contributed by atoms with E-state index in [1.54, 1.807) is 11.9 Å². The van der Waals surface area contributed by atoms with E-state index in [0.717, 1.165) is 26.1 Å². The van der Waals surface area contributed by atoms with Crippen LogP contribution in [0.5, 0.6) is 0 Å². The van der Waals surface area contributed by atoms with E-state index in [9.17, 15) is 4.79 Å². The fourth-order valence-electron chi connectivity index (χ4n) is 1.88. The number of carbonyl (C=O) groups is 1. The Morgan fingerprint density at radius 2 is 2.50 bits per heavy atom. The van der Waals surface area contributed by atoms with Crippen molar-refractivity contribution in [2.75, 3.05) is 26.7 Å². The monoisotopic (exact) mass is 170 g/mol. The molecule has 0 radical (unpaired) electrons. The molecule has 2 saturated heterocycles. The lowest BCUT2D eigenvalue weighted by molar-refractivity contribution is -0.0161. The third kappa shape index (κ3) is 1.27. The Kier molecular flexibility index (Phi) is 1.92. The van der Waals surface area contributed by atoms with E-state index in [1.165, 1.54) is 0 Å². The van der Waals surface area contributed by atoms with E-state index in [4.69, 9.17) is 4.74 Å². The number of amides is 1. The van der Waals surface area contributed by atoms with Crippen LogP contribution < -0.4 is 5.32 Å². The number of rotatable bonds is 0. The van der Waals surface area contributed by atoms with Crippen LogP contribution in [0.2, 0.25) is 0 Å². The summed E-state index contributed by atoms with van der Waals surface area (Å²) in [5.74, 6) is 0.536. The van der Waals surface area contributed by atoms with Crippen LogP contribution in [-0.4, -0.2) is 43.8 Å². The molecular formula is C8H14N2O2. The van der Waals surface area contributed by atoms with Gasteiger partial charge in [-0.2, -0.15) is 0 Å². The molecule has 0 aromatic rings. The average molecular weight is 170 g/mol. The van der Waals surface area contributed by atoms with E-state index >= 15 is 0 Å². The van der Waals surface area contributed by atoms with E-state index in [2.05, 4.69) is 5.32 Å². The van der Waals surface area contributed by atoms with Crippen molar-refractivity contribution in [1.82, 2.24) is 10.2 Å². The summed E-state index contributed by atoms with van der Waals surface area (Å²) in [7, 11) is 1.79. The third-order valence-corrected chi connectivity index (χ3v) is 2.64. The molecular weight excluding hydrogens is 156 g/mol. The minimum atomic E-state index is -0.181. The molecule has 4 heteroatoms. The van der Waals surface area contributed by atoms with Crippen LogP contribution in [0.1, 0.15) is 6.42 Å². The molecule has 2 aliphatic rings. The van der Waals surface area contributed by atoms with Crippen molar-refractivity contribution in [2.45, 2.75) is 12.5 Å². The largest absolute Gasteiger partial charge is 0.444 e. The van der Waals surface area contributed by atoms with Gasteiger partial charge in [0.1, 0.15) is 6.10 Å². The summed E-state index contributed by atoms with van der Waals surface area (Å²) in [6.07, 6.45) is 1.05. The predicted molar refractivity (Wildman–Crippen MR) is 43.9 cm³/mol. The highest BCUT2D eigenvalue weighted by Gasteiger charge is 2.35. The highest BCUT2D eigenvalue weighted by atomic mass is 16.6. The number of carbonyl (C=O) groups excluding carboxylic acids is 1. The van der Waals surface area contributed by atoms with Crippen LogP contribution in [-0.2, 0) is 4.74 Å². The van der Waals surface area contributed by atoms with Gasteiger partial charge < -0.3 is 15.0 Å². The molecule has 2 heterocycles. The number of piperidine rings is 1. The molecule has 12 heavy (non-hydrogen) atoms. The van der Waals surface area contributed by atoms with Gasteiger partial charge in [0.25, 0.3) is 0 Å². The summed E-state index contributed by atoms with van der Waals surface area (Å²) in [6, 6.07) is 0. The lowest BCUT2D eigenvalue weighted by Crippen LogP contribution is -2.53. The highest BCUT2D eigenvalue weighted by molar-refractivity contribution is 5.68. The molecule has 0 aromatic heterocycles. The van der Waals surface area contributed by atoms with Gasteiger partial charge in [0, 0.05) is 26.1 Å². The van der Waals surface area contributed by atoms with Gasteiger partial charge in [-0.05, 0) is 13.0 Å². The van der Waals surface area contributed by atoms with Crippen molar-refractivity contribution in [1.29, 1.82) is 0 Å². The minimum absolute atomic E-state index is 0.113. The quantitative estimate of drug-likeness (QED) is 0.558. The Balaban J connectivity index is 2.02. The van der Waals surface area contributed by atoms with Gasteiger partial charge in [-0.1, -0.05) is 0 Å². The first-order valence-electron chi connectivity index (χ1n) is 4.40. The number of ether oxygens (including phenoxy) is 1. The number of hydrogen-bond acceptors (Lipinski definition) is 3. The first kappa shape index (κ1) is 7.86. The summed E-state index contributed by atoms with van der Waals surface area (Å²) in [5.41, 5.74) is 0. The SMILES string of the molecule is CN1CC2CCNC[C@H]2OC1=O. The summed E-state index contributed by atoms with van der Waals surface area (Å²) in [5, 5.41) is 3.22. The van der Waals surface area contributed by atoms with Gasteiger partial charge in [-0.3, -0.25) is 0 Å². The van der Waals surface area contributed by atoms with Gasteiger partial charge in [0.05, 0.1) is 0 Å². The fourth-order valence-corrected chi connectivity index (χ4v) is 1.88. The molecule has 0 spiro atoms. The first-order valence-corrected chi connectivity index (χ1v) is 4.40. The van der Waals surface area contributed by atoms with Gasteiger partial charge in [0.15, 0.2) is 0 Å². The van der Waals surface area contributed by atoms with Crippen molar-refractivity contribution in [3.05, 3.63) is 0 Å². The minimum Gasteiger partial charge on any atom is -0.444 e. The Morgan fingerprint density at radius 1 is 1.67 bits per heavy atom. The number of nitrogens with zero attached hydrogens (tertiary/aromatic N) is 1. The van der Waals surface area contributed by atoms with Crippen molar-refractivity contribution in [2.24, 2.45) is 5.92 Å². The molecule has 1 unspecified atom stereocenters. The smallest absolute Gasteiger partial charge is 0.409 e. The van der Waals surface area contributed by atoms with E-state index < -0.39 is 0 Å². The molecule has 1 amide bonds. The number of fused-ring (bicyclic) bond motifs is 1. The normalized spacial score (nSPS) is 35.8. The lowest BCUT2D eigenvalue weighted by Gasteiger charge is -2.39. The van der Waals surface area contributed by atoms with E-state index in [1.807, 2.05) is 0 Å². The van der Waals surface area contributed by atoms with E-state index in [0.29, 0.717) is 5.92 Å². The summed E-state index contributed by atoms with van der Waals surface area (Å²) < 4.78 is 5.23. The van der Waals surface area contributed by atoms with Gasteiger partial charge in [-0.25, -0.2) is 4.79 Å². The molecule has 2 atom stereocenters. The zero-order valence-electron chi connectivity index (χ0n) is 7.25. The van der Waals surface area contributed by atoms with E-state index in [-0.39, 0.29) is 12.2 Å². The molecule has 0 bridgehead atoms.